The van der Waals surface area contributed by atoms with Crippen molar-refractivity contribution in [3.63, 3.8) is 0 Å². The first-order chi connectivity index (χ1) is 10.5. The van der Waals surface area contributed by atoms with Gasteiger partial charge in [0.05, 0.1) is 11.9 Å². The number of alkyl halides is 3. The topological polar surface area (TPSA) is 52.3 Å². The molecule has 0 amide bonds. The van der Waals surface area contributed by atoms with Gasteiger partial charge in [-0.3, -0.25) is 9.38 Å². The molecule has 1 atom stereocenters. The van der Waals surface area contributed by atoms with E-state index in [0.717, 1.165) is 0 Å². The van der Waals surface area contributed by atoms with Gasteiger partial charge >= 0.3 is 6.61 Å². The van der Waals surface area contributed by atoms with Gasteiger partial charge in [0.2, 0.25) is 0 Å². The van der Waals surface area contributed by atoms with Crippen LogP contribution in [0.1, 0.15) is 18.9 Å². The fraction of sp³-hybridized carbons (Fsp3) is 0.214. The summed E-state index contributed by atoms with van der Waals surface area (Å²) in [6.45, 7) is -1.50. The van der Waals surface area contributed by atoms with E-state index < -0.39 is 12.8 Å². The van der Waals surface area contributed by atoms with E-state index in [0.29, 0.717) is 16.9 Å². The van der Waals surface area contributed by atoms with Gasteiger partial charge in [0.15, 0.2) is 17.6 Å². The predicted octanol–water partition coefficient (Wildman–Crippen LogP) is 3.42. The summed E-state index contributed by atoms with van der Waals surface area (Å²) < 4.78 is 43.5. The standard InChI is InChI=1S/C14H11F3N4O/c1-8(15)13-20-19-12-6-18-11(7-21(12)13)9-2-4-10(5-3-9)22-14(16)17/h2-8,14H,1H3. The van der Waals surface area contributed by atoms with Crippen LogP contribution in [0.5, 0.6) is 5.75 Å². The Morgan fingerprint density at radius 2 is 1.82 bits per heavy atom. The zero-order valence-corrected chi connectivity index (χ0v) is 11.4. The van der Waals surface area contributed by atoms with Crippen molar-refractivity contribution in [2.75, 3.05) is 0 Å². The Morgan fingerprint density at radius 1 is 1.09 bits per heavy atom. The van der Waals surface area contributed by atoms with Gasteiger partial charge < -0.3 is 4.74 Å². The number of nitrogens with zero attached hydrogens (tertiary/aromatic N) is 4. The highest BCUT2D eigenvalue weighted by atomic mass is 19.3. The molecule has 0 radical (unpaired) electrons. The normalized spacial score (nSPS) is 12.8. The number of rotatable bonds is 4. The summed E-state index contributed by atoms with van der Waals surface area (Å²) in [4.78, 5) is 4.21. The van der Waals surface area contributed by atoms with Gasteiger partial charge in [0.25, 0.3) is 0 Å². The third-order valence-corrected chi connectivity index (χ3v) is 3.05. The SMILES string of the molecule is CC(F)c1nnc2cnc(-c3ccc(OC(F)F)cc3)cn12. The largest absolute Gasteiger partial charge is 0.435 e. The molecule has 2 aromatic heterocycles. The zero-order chi connectivity index (χ0) is 15.7. The highest BCUT2D eigenvalue weighted by Gasteiger charge is 2.13. The second-order valence-electron chi connectivity index (χ2n) is 4.58. The molecule has 8 heteroatoms. The van der Waals surface area contributed by atoms with Crippen LogP contribution in [-0.4, -0.2) is 26.2 Å². The third-order valence-electron chi connectivity index (χ3n) is 3.05. The number of hydrogen-bond donors (Lipinski definition) is 0. The average Bonchev–Trinajstić information content (AvgIpc) is 2.90. The van der Waals surface area contributed by atoms with Crippen LogP contribution in [0.15, 0.2) is 36.7 Å². The molecule has 0 fully saturated rings. The summed E-state index contributed by atoms with van der Waals surface area (Å²) in [7, 11) is 0. The number of benzene rings is 1. The summed E-state index contributed by atoms with van der Waals surface area (Å²) in [6.07, 6.45) is 1.80. The van der Waals surface area contributed by atoms with Crippen LogP contribution in [0.25, 0.3) is 16.9 Å². The van der Waals surface area contributed by atoms with Gasteiger partial charge in [0.1, 0.15) is 5.75 Å². The molecule has 3 rings (SSSR count). The van der Waals surface area contributed by atoms with Crippen molar-refractivity contribution in [1.29, 1.82) is 0 Å². The van der Waals surface area contributed by atoms with E-state index in [4.69, 9.17) is 0 Å². The lowest BCUT2D eigenvalue weighted by atomic mass is 10.1. The van der Waals surface area contributed by atoms with Crippen molar-refractivity contribution in [1.82, 2.24) is 19.6 Å². The first-order valence-electron chi connectivity index (χ1n) is 6.44. The van der Waals surface area contributed by atoms with Crippen LogP contribution in [0.4, 0.5) is 13.2 Å². The number of fused-ring (bicyclic) bond motifs is 1. The summed E-state index contributed by atoms with van der Waals surface area (Å²) in [5, 5.41) is 7.60. The molecule has 1 unspecified atom stereocenters. The fourth-order valence-corrected chi connectivity index (χ4v) is 2.05. The van der Waals surface area contributed by atoms with Crippen LogP contribution in [0.3, 0.4) is 0 Å². The summed E-state index contributed by atoms with van der Waals surface area (Å²) in [5.41, 5.74) is 1.65. The van der Waals surface area contributed by atoms with Crippen molar-refractivity contribution in [2.45, 2.75) is 19.7 Å². The van der Waals surface area contributed by atoms with E-state index in [1.165, 1.54) is 29.7 Å². The number of halogens is 3. The predicted molar refractivity (Wildman–Crippen MR) is 72.4 cm³/mol. The molecule has 3 aromatic rings. The second-order valence-corrected chi connectivity index (χ2v) is 4.58. The highest BCUT2D eigenvalue weighted by Crippen LogP contribution is 2.23. The minimum atomic E-state index is -2.87. The highest BCUT2D eigenvalue weighted by molar-refractivity contribution is 5.60. The lowest BCUT2D eigenvalue weighted by Gasteiger charge is -2.06. The minimum absolute atomic E-state index is 0.0576. The summed E-state index contributed by atoms with van der Waals surface area (Å²) in [5.74, 6) is 0.235. The van der Waals surface area contributed by atoms with E-state index >= 15 is 0 Å². The molecular weight excluding hydrogens is 297 g/mol. The van der Waals surface area contributed by atoms with E-state index in [9.17, 15) is 13.2 Å². The Labute approximate surface area is 123 Å². The molecule has 0 saturated carbocycles. The van der Waals surface area contributed by atoms with E-state index in [1.807, 2.05) is 0 Å². The molecule has 0 aliphatic heterocycles. The van der Waals surface area contributed by atoms with E-state index in [1.54, 1.807) is 18.3 Å². The first kappa shape index (κ1) is 14.3. The molecule has 2 heterocycles. The smallest absolute Gasteiger partial charge is 0.387 e. The number of ether oxygens (including phenoxy) is 1. The molecule has 5 nitrogen and oxygen atoms in total. The maximum absolute atomic E-state index is 13.5. The molecule has 0 saturated heterocycles. The molecule has 0 aliphatic carbocycles. The average molecular weight is 308 g/mol. The van der Waals surface area contributed by atoms with Gasteiger partial charge in [-0.25, -0.2) is 4.39 Å². The lowest BCUT2D eigenvalue weighted by Crippen LogP contribution is -2.01. The molecule has 0 aliphatic rings. The Balaban J connectivity index is 1.97. The van der Waals surface area contributed by atoms with E-state index in [-0.39, 0.29) is 11.6 Å². The van der Waals surface area contributed by atoms with Crippen LogP contribution < -0.4 is 4.74 Å². The van der Waals surface area contributed by atoms with Crippen molar-refractivity contribution < 1.29 is 17.9 Å². The van der Waals surface area contributed by atoms with Gasteiger partial charge in [-0.1, -0.05) is 0 Å². The monoisotopic (exact) mass is 308 g/mol. The maximum atomic E-state index is 13.5. The van der Waals surface area contributed by atoms with Crippen molar-refractivity contribution in [2.24, 2.45) is 0 Å². The van der Waals surface area contributed by atoms with Gasteiger partial charge in [-0.2, -0.15) is 8.78 Å². The lowest BCUT2D eigenvalue weighted by molar-refractivity contribution is -0.0498. The molecule has 22 heavy (non-hydrogen) atoms. The Morgan fingerprint density at radius 3 is 2.45 bits per heavy atom. The Bertz CT molecular complexity index is 786. The minimum Gasteiger partial charge on any atom is -0.435 e. The Hall–Kier alpha value is -2.64. The molecule has 0 N–H and O–H groups in total. The number of hydrogen-bond acceptors (Lipinski definition) is 4. The third kappa shape index (κ3) is 2.72. The molecule has 1 aromatic carbocycles. The quantitative estimate of drug-likeness (QED) is 0.741. The molecule has 0 bridgehead atoms. The second kappa shape index (κ2) is 5.63. The van der Waals surface area contributed by atoms with Crippen molar-refractivity contribution in [3.05, 3.63) is 42.5 Å². The van der Waals surface area contributed by atoms with Crippen molar-refractivity contribution >= 4 is 5.65 Å². The maximum Gasteiger partial charge on any atom is 0.387 e. The first-order valence-corrected chi connectivity index (χ1v) is 6.44. The van der Waals surface area contributed by atoms with Gasteiger partial charge in [0, 0.05) is 11.8 Å². The van der Waals surface area contributed by atoms with Gasteiger partial charge in [-0.05, 0) is 31.2 Å². The molecular formula is C14H11F3N4O. The molecule has 0 spiro atoms. The fourth-order valence-electron chi connectivity index (χ4n) is 2.05. The molecule has 114 valence electrons. The van der Waals surface area contributed by atoms with Crippen molar-refractivity contribution in [3.8, 4) is 17.0 Å². The van der Waals surface area contributed by atoms with E-state index in [2.05, 4.69) is 19.9 Å². The Kier molecular flexibility index (Phi) is 3.66. The summed E-state index contributed by atoms with van der Waals surface area (Å²) in [6, 6.07) is 6.01. The van der Waals surface area contributed by atoms with Crippen LogP contribution >= 0.6 is 0 Å². The van der Waals surface area contributed by atoms with Crippen LogP contribution in [-0.2, 0) is 0 Å². The van der Waals surface area contributed by atoms with Crippen LogP contribution in [0.2, 0.25) is 0 Å². The van der Waals surface area contributed by atoms with Gasteiger partial charge in [-0.15, -0.1) is 10.2 Å². The number of aromatic nitrogens is 4. The zero-order valence-electron chi connectivity index (χ0n) is 11.4. The van der Waals surface area contributed by atoms with Crippen LogP contribution in [0, 0.1) is 0 Å². The summed E-state index contributed by atoms with van der Waals surface area (Å²) >= 11 is 0.